The van der Waals surface area contributed by atoms with E-state index in [-0.39, 0.29) is 17.5 Å². The number of hydrogen-bond acceptors (Lipinski definition) is 1. The van der Waals surface area contributed by atoms with Gasteiger partial charge in [0.2, 0.25) is 0 Å². The maximum Gasteiger partial charge on any atom is 0.257 e. The summed E-state index contributed by atoms with van der Waals surface area (Å²) in [6.07, 6.45) is 3.74. The second-order valence-electron chi connectivity index (χ2n) is 4.75. The Labute approximate surface area is 122 Å². The van der Waals surface area contributed by atoms with Gasteiger partial charge in [-0.05, 0) is 43.9 Å². The van der Waals surface area contributed by atoms with Gasteiger partial charge in [-0.2, -0.15) is 0 Å². The van der Waals surface area contributed by atoms with Crippen LogP contribution in [0.4, 0.5) is 4.39 Å². The molecule has 1 aliphatic rings. The normalized spacial score (nSPS) is 19.5. The van der Waals surface area contributed by atoms with Crippen LogP contribution in [0.15, 0.2) is 18.2 Å². The van der Waals surface area contributed by atoms with E-state index in [2.05, 4.69) is 0 Å². The molecule has 2 rings (SSSR count). The molecular formula is C14H16Cl2FNO. The highest BCUT2D eigenvalue weighted by Crippen LogP contribution is 2.24. The minimum atomic E-state index is -0.562. The highest BCUT2D eigenvalue weighted by Gasteiger charge is 2.28. The number of alkyl halides is 1. The lowest BCUT2D eigenvalue weighted by Crippen LogP contribution is -2.44. The van der Waals surface area contributed by atoms with Crippen LogP contribution in [0.25, 0.3) is 0 Å². The molecule has 1 atom stereocenters. The van der Waals surface area contributed by atoms with Gasteiger partial charge in [-0.25, -0.2) is 4.39 Å². The van der Waals surface area contributed by atoms with E-state index in [0.29, 0.717) is 17.4 Å². The molecule has 1 heterocycles. The predicted octanol–water partition coefficient (Wildman–Crippen LogP) is 4.10. The summed E-state index contributed by atoms with van der Waals surface area (Å²) in [4.78, 5) is 14.2. The number of likely N-dealkylation sites (tertiary alicyclic amines) is 1. The van der Waals surface area contributed by atoms with Crippen LogP contribution in [0.5, 0.6) is 0 Å². The molecule has 1 unspecified atom stereocenters. The van der Waals surface area contributed by atoms with Crippen molar-refractivity contribution < 1.29 is 9.18 Å². The maximum absolute atomic E-state index is 13.8. The molecule has 19 heavy (non-hydrogen) atoms. The van der Waals surface area contributed by atoms with Gasteiger partial charge >= 0.3 is 0 Å². The summed E-state index contributed by atoms with van der Waals surface area (Å²) in [6, 6.07) is 4.29. The Morgan fingerprint density at radius 2 is 2.21 bits per heavy atom. The average Bonchev–Trinajstić information content (AvgIpc) is 2.39. The number of amides is 1. The Bertz CT molecular complexity index is 465. The zero-order valence-corrected chi connectivity index (χ0v) is 12.1. The summed E-state index contributed by atoms with van der Waals surface area (Å²) in [5.74, 6) is -0.311. The van der Waals surface area contributed by atoms with Crippen LogP contribution in [0.2, 0.25) is 5.02 Å². The number of piperidine rings is 1. The smallest absolute Gasteiger partial charge is 0.257 e. The Kier molecular flexibility index (Phi) is 5.06. The van der Waals surface area contributed by atoms with Crippen LogP contribution in [0.1, 0.15) is 36.0 Å². The molecule has 1 fully saturated rings. The molecule has 0 N–H and O–H groups in total. The number of hydrogen-bond donors (Lipinski definition) is 0. The molecule has 5 heteroatoms. The summed E-state index contributed by atoms with van der Waals surface area (Å²) in [5.41, 5.74) is 0.0888. The van der Waals surface area contributed by atoms with E-state index >= 15 is 0 Å². The molecule has 1 aromatic rings. The van der Waals surface area contributed by atoms with E-state index < -0.39 is 5.82 Å². The van der Waals surface area contributed by atoms with Crippen molar-refractivity contribution in [3.8, 4) is 0 Å². The van der Waals surface area contributed by atoms with E-state index in [4.69, 9.17) is 23.2 Å². The molecule has 0 aromatic heterocycles. The Morgan fingerprint density at radius 1 is 1.42 bits per heavy atom. The van der Waals surface area contributed by atoms with Gasteiger partial charge in [0.25, 0.3) is 5.91 Å². The molecule has 1 aromatic carbocycles. The summed E-state index contributed by atoms with van der Waals surface area (Å²) < 4.78 is 13.8. The van der Waals surface area contributed by atoms with Crippen molar-refractivity contribution in [2.45, 2.75) is 31.7 Å². The van der Waals surface area contributed by atoms with Gasteiger partial charge in [-0.3, -0.25) is 4.79 Å². The highest BCUT2D eigenvalue weighted by molar-refractivity contribution is 6.30. The maximum atomic E-state index is 13.8. The fourth-order valence-electron chi connectivity index (χ4n) is 2.51. The Morgan fingerprint density at radius 3 is 2.89 bits per heavy atom. The third-order valence-electron chi connectivity index (χ3n) is 3.49. The number of nitrogens with zero attached hydrogens (tertiary/aromatic N) is 1. The first-order valence-electron chi connectivity index (χ1n) is 6.45. The van der Waals surface area contributed by atoms with E-state index in [0.717, 1.165) is 25.7 Å². The number of halogens is 3. The van der Waals surface area contributed by atoms with E-state index in [1.807, 2.05) is 0 Å². The van der Waals surface area contributed by atoms with Crippen molar-refractivity contribution in [3.63, 3.8) is 0 Å². The molecule has 2 nitrogen and oxygen atoms in total. The SMILES string of the molecule is O=C(c1ccc(Cl)cc1F)N1CCCCC1CCCl. The monoisotopic (exact) mass is 303 g/mol. The Hall–Kier alpha value is -0.800. The molecule has 104 valence electrons. The van der Waals surface area contributed by atoms with Gasteiger partial charge in [0.15, 0.2) is 0 Å². The van der Waals surface area contributed by atoms with Crippen LogP contribution >= 0.6 is 23.2 Å². The molecule has 0 saturated carbocycles. The molecule has 0 radical (unpaired) electrons. The topological polar surface area (TPSA) is 20.3 Å². The second kappa shape index (κ2) is 6.58. The molecule has 1 aliphatic heterocycles. The summed E-state index contributed by atoms with van der Waals surface area (Å²) in [5, 5.41) is 0.296. The average molecular weight is 304 g/mol. The van der Waals surface area contributed by atoms with Gasteiger partial charge in [0.05, 0.1) is 5.56 Å². The molecule has 0 aliphatic carbocycles. The zero-order valence-electron chi connectivity index (χ0n) is 10.5. The van der Waals surface area contributed by atoms with Gasteiger partial charge in [0.1, 0.15) is 5.82 Å². The number of benzene rings is 1. The third-order valence-corrected chi connectivity index (χ3v) is 3.95. The van der Waals surface area contributed by atoms with Gasteiger partial charge < -0.3 is 4.90 Å². The first-order chi connectivity index (χ1) is 9.13. The van der Waals surface area contributed by atoms with Gasteiger partial charge in [-0.1, -0.05) is 11.6 Å². The molecule has 0 bridgehead atoms. The third kappa shape index (κ3) is 3.40. The lowest BCUT2D eigenvalue weighted by molar-refractivity contribution is 0.0604. The van der Waals surface area contributed by atoms with Crippen LogP contribution in [-0.4, -0.2) is 29.3 Å². The number of carbonyl (C=O) groups excluding carboxylic acids is 1. The van der Waals surface area contributed by atoms with Crippen molar-refractivity contribution in [1.29, 1.82) is 0 Å². The minimum absolute atomic E-state index is 0.0888. The van der Waals surface area contributed by atoms with Crippen molar-refractivity contribution in [1.82, 2.24) is 4.90 Å². The number of rotatable bonds is 3. The van der Waals surface area contributed by atoms with Crippen molar-refractivity contribution >= 4 is 29.1 Å². The summed E-state index contributed by atoms with van der Waals surface area (Å²) in [6.45, 7) is 0.669. The van der Waals surface area contributed by atoms with Gasteiger partial charge in [-0.15, -0.1) is 11.6 Å². The van der Waals surface area contributed by atoms with Crippen molar-refractivity contribution in [2.75, 3.05) is 12.4 Å². The van der Waals surface area contributed by atoms with Crippen LogP contribution in [0, 0.1) is 5.82 Å². The van der Waals surface area contributed by atoms with E-state index in [1.54, 1.807) is 11.0 Å². The van der Waals surface area contributed by atoms with Gasteiger partial charge in [0, 0.05) is 23.5 Å². The van der Waals surface area contributed by atoms with E-state index in [9.17, 15) is 9.18 Å². The molecule has 1 saturated heterocycles. The Balaban J connectivity index is 2.21. The van der Waals surface area contributed by atoms with Crippen LogP contribution in [-0.2, 0) is 0 Å². The standard InChI is InChI=1S/C14H16Cl2FNO/c15-7-6-11-3-1-2-8-18(11)14(19)12-5-4-10(16)9-13(12)17/h4-5,9,11H,1-3,6-8H2. The first-order valence-corrected chi connectivity index (χ1v) is 7.36. The lowest BCUT2D eigenvalue weighted by atomic mass is 9.98. The van der Waals surface area contributed by atoms with Crippen LogP contribution in [0.3, 0.4) is 0 Å². The fourth-order valence-corrected chi connectivity index (χ4v) is 2.92. The highest BCUT2D eigenvalue weighted by atomic mass is 35.5. The molecular weight excluding hydrogens is 288 g/mol. The summed E-state index contributed by atoms with van der Waals surface area (Å²) >= 11 is 11.5. The predicted molar refractivity (Wildman–Crippen MR) is 75.4 cm³/mol. The van der Waals surface area contributed by atoms with Crippen molar-refractivity contribution in [3.05, 3.63) is 34.6 Å². The number of carbonyl (C=O) groups is 1. The van der Waals surface area contributed by atoms with E-state index in [1.165, 1.54) is 12.1 Å². The lowest BCUT2D eigenvalue weighted by Gasteiger charge is -2.35. The largest absolute Gasteiger partial charge is 0.336 e. The minimum Gasteiger partial charge on any atom is -0.336 e. The quantitative estimate of drug-likeness (QED) is 0.770. The molecule has 1 amide bonds. The zero-order chi connectivity index (χ0) is 13.8. The molecule has 0 spiro atoms. The first kappa shape index (κ1) is 14.6. The summed E-state index contributed by atoms with van der Waals surface area (Å²) in [7, 11) is 0. The fraction of sp³-hybridized carbons (Fsp3) is 0.500. The van der Waals surface area contributed by atoms with Crippen LogP contribution < -0.4 is 0 Å². The second-order valence-corrected chi connectivity index (χ2v) is 5.56. The van der Waals surface area contributed by atoms with Crippen molar-refractivity contribution in [2.24, 2.45) is 0 Å².